The van der Waals surface area contributed by atoms with Gasteiger partial charge in [0, 0.05) is 50.7 Å². The lowest BCUT2D eigenvalue weighted by Gasteiger charge is -2.36. The average Bonchev–Trinajstić information content (AvgIpc) is 1.72. The van der Waals surface area contributed by atoms with Crippen molar-refractivity contribution in [3.05, 3.63) is 317 Å². The minimum atomic E-state index is -0.899. The number of para-hydroxylation sites is 1. The number of aromatic nitrogens is 1. The summed E-state index contributed by atoms with van der Waals surface area (Å²) < 4.78 is 7.54. The molecule has 12 aromatic carbocycles. The van der Waals surface area contributed by atoms with Gasteiger partial charge in [0.2, 0.25) is 0 Å². The van der Waals surface area contributed by atoms with Gasteiger partial charge in [-0.25, -0.2) is 4.98 Å². The van der Waals surface area contributed by atoms with Crippen LogP contribution in [-0.2, 0) is 16.2 Å². The summed E-state index contributed by atoms with van der Waals surface area (Å²) in [6, 6.07) is 95.7. The topological polar surface area (TPSA) is 32.5 Å². The molecular formula is C82H61N3O. The van der Waals surface area contributed by atoms with Crippen LogP contribution in [0.25, 0.3) is 76.9 Å². The van der Waals surface area contributed by atoms with Crippen LogP contribution < -0.4 is 9.80 Å². The molecule has 0 fully saturated rings. The fourth-order valence-corrected chi connectivity index (χ4v) is 15.5. The third kappa shape index (κ3) is 7.07. The summed E-state index contributed by atoms with van der Waals surface area (Å²) in [5, 5.41) is 6.93. The number of aryl methyl sites for hydroxylation is 2. The molecule has 0 saturated heterocycles. The highest BCUT2D eigenvalue weighted by Gasteiger charge is 2.49. The van der Waals surface area contributed by atoms with E-state index in [2.05, 4.69) is 306 Å². The van der Waals surface area contributed by atoms with Gasteiger partial charge in [0.15, 0.2) is 0 Å². The summed E-state index contributed by atoms with van der Waals surface area (Å²) >= 11 is 0. The Morgan fingerprint density at radius 2 is 0.895 bits per heavy atom. The second-order valence-corrected chi connectivity index (χ2v) is 25.2. The highest BCUT2D eigenvalue weighted by molar-refractivity contribution is 6.20. The third-order valence-corrected chi connectivity index (χ3v) is 19.7. The molecule has 1 unspecified atom stereocenters. The van der Waals surface area contributed by atoms with Gasteiger partial charge < -0.3 is 9.32 Å². The van der Waals surface area contributed by atoms with E-state index in [0.717, 1.165) is 84.0 Å². The predicted molar refractivity (Wildman–Crippen MR) is 358 cm³/mol. The van der Waals surface area contributed by atoms with Crippen molar-refractivity contribution in [2.75, 3.05) is 9.80 Å². The minimum absolute atomic E-state index is 0.193. The van der Waals surface area contributed by atoms with Gasteiger partial charge in [-0.05, 0) is 186 Å². The molecule has 0 aliphatic heterocycles. The number of hydrogen-bond acceptors (Lipinski definition) is 4. The second-order valence-electron chi connectivity index (χ2n) is 25.2. The first-order valence-electron chi connectivity index (χ1n) is 30.2. The smallest absolute Gasteiger partial charge is 0.145 e. The summed E-state index contributed by atoms with van der Waals surface area (Å²) in [7, 11) is 0. The van der Waals surface area contributed by atoms with Crippen molar-refractivity contribution in [1.29, 1.82) is 0 Å². The molecule has 86 heavy (non-hydrogen) atoms. The van der Waals surface area contributed by atoms with Crippen LogP contribution in [0, 0.1) is 13.8 Å². The van der Waals surface area contributed by atoms with E-state index >= 15 is 0 Å². The normalized spacial score (nSPS) is 15.6. The van der Waals surface area contributed by atoms with Crippen LogP contribution in [-0.4, -0.2) is 4.98 Å². The van der Waals surface area contributed by atoms with E-state index in [9.17, 15) is 0 Å². The molecule has 0 amide bonds. The number of anilines is 6. The van der Waals surface area contributed by atoms with Crippen molar-refractivity contribution < 1.29 is 4.42 Å². The Morgan fingerprint density at radius 1 is 0.360 bits per heavy atom. The molecule has 2 aromatic heterocycles. The lowest BCUT2D eigenvalue weighted by molar-refractivity contribution is 0.660. The van der Waals surface area contributed by atoms with E-state index in [-0.39, 0.29) is 10.8 Å². The molecule has 0 N–H and O–H groups in total. The Balaban J connectivity index is 0.994. The molecule has 0 radical (unpaired) electrons. The molecule has 3 aliphatic rings. The van der Waals surface area contributed by atoms with E-state index in [1.165, 1.54) is 82.7 Å². The van der Waals surface area contributed by atoms with Gasteiger partial charge >= 0.3 is 0 Å². The molecule has 410 valence electrons. The summed E-state index contributed by atoms with van der Waals surface area (Å²) in [5.41, 5.74) is 25.3. The van der Waals surface area contributed by atoms with E-state index in [1.54, 1.807) is 0 Å². The van der Waals surface area contributed by atoms with Gasteiger partial charge in [-0.3, -0.25) is 4.90 Å². The molecule has 14 aromatic rings. The Hall–Kier alpha value is -10.3. The molecule has 4 nitrogen and oxygen atoms in total. The Kier molecular flexibility index (Phi) is 10.7. The van der Waals surface area contributed by atoms with E-state index in [4.69, 9.17) is 9.40 Å². The first-order valence-corrected chi connectivity index (χ1v) is 30.2. The predicted octanol–water partition coefficient (Wildman–Crippen LogP) is 21.8. The zero-order chi connectivity index (χ0) is 57.8. The number of rotatable bonds is 8. The minimum Gasteiger partial charge on any atom is -0.455 e. The fourth-order valence-electron chi connectivity index (χ4n) is 15.5. The van der Waals surface area contributed by atoms with Crippen molar-refractivity contribution in [2.45, 2.75) is 57.8 Å². The SMILES string of the molecule is Cc1ccc(N(c2ccc3c(c2)C(C)(C)c2ccccc2-3)c2ccc3c(c2)C(c2ccccc2)(c2ccc4ccc5ccccc5c4c2)c2cc(N(c4ccc5c(c4)C(C)(C)c4ccccc4-5)c4ccc(C)cn4)c4c(oc5ccccc54)c2-3)cc1. The third-order valence-electron chi connectivity index (χ3n) is 19.7. The molecule has 3 aliphatic carbocycles. The molecule has 2 heterocycles. The average molecular weight is 1100 g/mol. The Bertz CT molecular complexity index is 5150. The van der Waals surface area contributed by atoms with Crippen LogP contribution in [0.2, 0.25) is 0 Å². The summed E-state index contributed by atoms with van der Waals surface area (Å²) in [4.78, 5) is 10.2. The molecule has 0 saturated carbocycles. The number of benzene rings is 12. The van der Waals surface area contributed by atoms with Gasteiger partial charge in [-0.1, -0.05) is 215 Å². The first kappa shape index (κ1) is 50.2. The number of fused-ring (bicyclic) bond motifs is 16. The lowest BCUT2D eigenvalue weighted by atomic mass is 9.67. The van der Waals surface area contributed by atoms with Gasteiger partial charge in [-0.2, -0.15) is 0 Å². The maximum absolute atomic E-state index is 7.54. The lowest BCUT2D eigenvalue weighted by Crippen LogP contribution is -2.29. The molecule has 0 spiro atoms. The summed E-state index contributed by atoms with van der Waals surface area (Å²) in [6.45, 7) is 13.8. The second kappa shape index (κ2) is 18.4. The summed E-state index contributed by atoms with van der Waals surface area (Å²) in [6.07, 6.45) is 2.00. The van der Waals surface area contributed by atoms with Gasteiger partial charge in [0.25, 0.3) is 0 Å². The largest absolute Gasteiger partial charge is 0.455 e. The first-order chi connectivity index (χ1) is 42.0. The molecule has 4 heteroatoms. The van der Waals surface area contributed by atoms with Crippen LogP contribution in [0.3, 0.4) is 0 Å². The zero-order valence-corrected chi connectivity index (χ0v) is 49.1. The standard InChI is InChI=1S/C82H61N3O/c1-50-28-35-56(36-29-50)84(57-37-40-63-61-22-12-15-25-68(61)80(3,4)70(63)45-57)58-39-42-65-72(47-58)82(54-19-8-7-9-20-54,55-34-33-53-32-31-52-18-10-11-21-60(52)67(53)44-55)73-48-74(78-66-24-14-17-27-75(66)86-79(78)77(65)73)85(76-43-30-51(2)49-83-76)59-38-41-64-62-23-13-16-26-69(62)81(5,6)71(64)46-59/h7-49H,1-6H3. The van der Waals surface area contributed by atoms with Gasteiger partial charge in [0.05, 0.1) is 16.5 Å². The van der Waals surface area contributed by atoms with Crippen LogP contribution in [0.1, 0.15) is 83.3 Å². The van der Waals surface area contributed by atoms with Crippen LogP contribution in [0.15, 0.2) is 265 Å². The number of pyridine rings is 1. The van der Waals surface area contributed by atoms with Crippen LogP contribution in [0.5, 0.6) is 0 Å². The highest BCUT2D eigenvalue weighted by atomic mass is 16.3. The Labute approximate surface area is 501 Å². The van der Waals surface area contributed by atoms with Crippen molar-refractivity contribution in [2.24, 2.45) is 0 Å². The number of nitrogens with zero attached hydrogens (tertiary/aromatic N) is 3. The monoisotopic (exact) mass is 1100 g/mol. The van der Waals surface area contributed by atoms with E-state index in [1.807, 2.05) is 6.20 Å². The summed E-state index contributed by atoms with van der Waals surface area (Å²) in [5.74, 6) is 0.824. The van der Waals surface area contributed by atoms with Crippen LogP contribution in [0.4, 0.5) is 34.3 Å². The highest BCUT2D eigenvalue weighted by Crippen LogP contribution is 2.63. The van der Waals surface area contributed by atoms with Crippen molar-refractivity contribution in [3.63, 3.8) is 0 Å². The van der Waals surface area contributed by atoms with E-state index < -0.39 is 5.41 Å². The van der Waals surface area contributed by atoms with Crippen molar-refractivity contribution in [3.8, 4) is 33.4 Å². The van der Waals surface area contributed by atoms with Crippen molar-refractivity contribution in [1.82, 2.24) is 4.98 Å². The number of hydrogen-bond donors (Lipinski definition) is 0. The fraction of sp³-hybridized carbons (Fsp3) is 0.110. The van der Waals surface area contributed by atoms with Crippen LogP contribution >= 0.6 is 0 Å². The molecule has 0 bridgehead atoms. The quantitative estimate of drug-likeness (QED) is 0.142. The Morgan fingerprint density at radius 3 is 1.57 bits per heavy atom. The van der Waals surface area contributed by atoms with Crippen molar-refractivity contribution >= 4 is 77.7 Å². The zero-order valence-electron chi connectivity index (χ0n) is 49.1. The molecule has 1 atom stereocenters. The van der Waals surface area contributed by atoms with E-state index in [0.29, 0.717) is 0 Å². The maximum atomic E-state index is 7.54. The molecular weight excluding hydrogens is 1040 g/mol. The maximum Gasteiger partial charge on any atom is 0.145 e. The molecule has 17 rings (SSSR count). The van der Waals surface area contributed by atoms with Gasteiger partial charge in [-0.15, -0.1) is 0 Å². The number of furan rings is 1. The van der Waals surface area contributed by atoms with Gasteiger partial charge in [0.1, 0.15) is 17.0 Å².